The minimum Gasteiger partial charge on any atom is -0.358 e. The SMILES string of the molecule is CCc1ccc(S(=O)(=O)N2CCOC23CCN(CC2CC2)CC3)cc1.O=S(=O)(c1ccc(F)cc1)N1CCOC12CCN(CC1CC1)CC2. The number of benzene rings is 2. The van der Waals surface area contributed by atoms with Gasteiger partial charge in [-0.05, 0) is 85.9 Å². The lowest BCUT2D eigenvalue weighted by Gasteiger charge is -2.43. The number of hydrogen-bond donors (Lipinski definition) is 0. The molecule has 4 saturated heterocycles. The zero-order valence-electron chi connectivity index (χ0n) is 28.6. The molecule has 2 spiro atoms. The van der Waals surface area contributed by atoms with Gasteiger partial charge in [0.1, 0.15) is 17.3 Å². The summed E-state index contributed by atoms with van der Waals surface area (Å²) in [5.74, 6) is 1.27. The number of halogens is 1. The van der Waals surface area contributed by atoms with Crippen molar-refractivity contribution in [3.8, 4) is 0 Å². The van der Waals surface area contributed by atoms with Gasteiger partial charge in [0.15, 0.2) is 0 Å². The lowest BCUT2D eigenvalue weighted by Crippen LogP contribution is -2.55. The van der Waals surface area contributed by atoms with Crippen molar-refractivity contribution in [2.45, 2.75) is 86.0 Å². The van der Waals surface area contributed by atoms with E-state index in [-0.39, 0.29) is 4.90 Å². The van der Waals surface area contributed by atoms with Crippen molar-refractivity contribution in [1.29, 1.82) is 0 Å². The number of aryl methyl sites for hydroxylation is 1. The number of rotatable bonds is 9. The molecule has 8 rings (SSSR count). The van der Waals surface area contributed by atoms with Gasteiger partial charge >= 0.3 is 0 Å². The molecule has 6 fully saturated rings. The Bertz CT molecular complexity index is 1650. The van der Waals surface area contributed by atoms with Crippen LogP contribution in [0.1, 0.15) is 63.9 Å². The molecule has 0 N–H and O–H groups in total. The molecule has 10 nitrogen and oxygen atoms in total. The molecule has 0 atom stereocenters. The van der Waals surface area contributed by atoms with Crippen LogP contribution in [0.15, 0.2) is 58.3 Å². The Morgan fingerprint density at radius 2 is 1.02 bits per heavy atom. The third kappa shape index (κ3) is 7.65. The van der Waals surface area contributed by atoms with Crippen LogP contribution in [0.2, 0.25) is 0 Å². The summed E-state index contributed by atoms with van der Waals surface area (Å²) in [6.07, 6.45) is 9.19. The first-order chi connectivity index (χ1) is 23.5. The van der Waals surface area contributed by atoms with E-state index >= 15 is 0 Å². The number of hydrogen-bond acceptors (Lipinski definition) is 8. The summed E-state index contributed by atoms with van der Waals surface area (Å²) >= 11 is 0. The molecule has 49 heavy (non-hydrogen) atoms. The minimum atomic E-state index is -3.67. The first-order valence-corrected chi connectivity index (χ1v) is 21.0. The fourth-order valence-corrected chi connectivity index (χ4v) is 11.4. The summed E-state index contributed by atoms with van der Waals surface area (Å²) < 4.78 is 80.6. The Hall–Kier alpha value is -1.97. The first-order valence-electron chi connectivity index (χ1n) is 18.2. The molecule has 2 saturated carbocycles. The molecule has 13 heteroatoms. The van der Waals surface area contributed by atoms with Gasteiger partial charge < -0.3 is 19.3 Å². The molecule has 4 aliphatic heterocycles. The zero-order chi connectivity index (χ0) is 34.3. The number of ether oxygens (including phenoxy) is 2. The maximum Gasteiger partial charge on any atom is 0.245 e. The Labute approximate surface area is 291 Å². The normalized spacial score (nSPS) is 25.1. The second kappa shape index (κ2) is 14.2. The molecule has 2 aromatic rings. The smallest absolute Gasteiger partial charge is 0.245 e. The Morgan fingerprint density at radius 3 is 1.39 bits per heavy atom. The van der Waals surface area contributed by atoms with Crippen LogP contribution in [0.4, 0.5) is 4.39 Å². The fourth-order valence-electron chi connectivity index (χ4n) is 7.91. The average Bonchev–Trinajstić information content (AvgIpc) is 4.03. The summed E-state index contributed by atoms with van der Waals surface area (Å²) in [4.78, 5) is 5.42. The van der Waals surface area contributed by atoms with E-state index in [1.54, 1.807) is 16.4 Å². The highest BCUT2D eigenvalue weighted by atomic mass is 32.2. The molecule has 0 radical (unpaired) electrons. The second-order valence-electron chi connectivity index (χ2n) is 14.7. The van der Waals surface area contributed by atoms with E-state index in [4.69, 9.17) is 9.47 Å². The maximum atomic E-state index is 13.2. The zero-order valence-corrected chi connectivity index (χ0v) is 30.3. The molecule has 2 aromatic carbocycles. The van der Waals surface area contributed by atoms with Gasteiger partial charge in [-0.3, -0.25) is 0 Å². The molecule has 270 valence electrons. The predicted molar refractivity (Wildman–Crippen MR) is 184 cm³/mol. The standard InChI is InChI=1S/C19H28N2O3S.C17H23FN2O3S/c1-2-16-5-7-18(8-6-16)25(22,23)21-13-14-24-19(21)9-11-20(12-10-19)15-17-3-4-17;18-15-3-5-16(6-4-15)24(21,22)20-11-12-23-17(20)7-9-19(10-8-17)13-14-1-2-14/h5-8,17H,2-4,9-15H2,1H3;3-6,14H,1-2,7-13H2. The van der Waals surface area contributed by atoms with Gasteiger partial charge in [-0.2, -0.15) is 8.61 Å². The van der Waals surface area contributed by atoms with Crippen LogP contribution in [-0.2, 0) is 35.9 Å². The molecule has 6 aliphatic rings. The minimum absolute atomic E-state index is 0.134. The van der Waals surface area contributed by atoms with E-state index < -0.39 is 37.3 Å². The van der Waals surface area contributed by atoms with Crippen LogP contribution >= 0.6 is 0 Å². The monoisotopic (exact) mass is 718 g/mol. The van der Waals surface area contributed by atoms with E-state index in [0.29, 0.717) is 44.0 Å². The van der Waals surface area contributed by atoms with Crippen molar-refractivity contribution in [2.24, 2.45) is 11.8 Å². The van der Waals surface area contributed by atoms with Gasteiger partial charge in [0.25, 0.3) is 0 Å². The van der Waals surface area contributed by atoms with E-state index in [1.165, 1.54) is 60.8 Å². The summed E-state index contributed by atoms with van der Waals surface area (Å²) in [5, 5.41) is 0. The topological polar surface area (TPSA) is 99.7 Å². The highest BCUT2D eigenvalue weighted by Crippen LogP contribution is 2.41. The van der Waals surface area contributed by atoms with E-state index in [2.05, 4.69) is 16.7 Å². The summed E-state index contributed by atoms with van der Waals surface area (Å²) in [6, 6.07) is 12.3. The Balaban J connectivity index is 0.000000154. The van der Waals surface area contributed by atoms with E-state index in [9.17, 15) is 21.2 Å². The van der Waals surface area contributed by atoms with Crippen molar-refractivity contribution in [2.75, 3.05) is 65.6 Å². The lowest BCUT2D eigenvalue weighted by molar-refractivity contribution is -0.0913. The number of sulfonamides is 2. The molecule has 0 amide bonds. The highest BCUT2D eigenvalue weighted by Gasteiger charge is 2.52. The molecule has 2 aliphatic carbocycles. The van der Waals surface area contributed by atoms with Gasteiger partial charge in [0.05, 0.1) is 23.0 Å². The van der Waals surface area contributed by atoms with Crippen molar-refractivity contribution in [1.82, 2.24) is 18.4 Å². The quantitative estimate of drug-likeness (QED) is 0.374. The van der Waals surface area contributed by atoms with Crippen molar-refractivity contribution >= 4 is 20.0 Å². The predicted octanol–water partition coefficient (Wildman–Crippen LogP) is 4.52. The Morgan fingerprint density at radius 1 is 0.633 bits per heavy atom. The molecule has 0 aromatic heterocycles. The van der Waals surface area contributed by atoms with Crippen LogP contribution < -0.4 is 0 Å². The van der Waals surface area contributed by atoms with Crippen LogP contribution in [0.25, 0.3) is 0 Å². The van der Waals surface area contributed by atoms with Gasteiger partial charge in [-0.1, -0.05) is 19.1 Å². The number of likely N-dealkylation sites (tertiary alicyclic amines) is 2. The summed E-state index contributed by atoms with van der Waals surface area (Å²) in [5.41, 5.74) is -0.213. The second-order valence-corrected chi connectivity index (χ2v) is 18.4. The molecule has 4 heterocycles. The summed E-state index contributed by atoms with van der Waals surface area (Å²) in [6.45, 7) is 9.69. The van der Waals surface area contributed by atoms with Gasteiger partial charge in [0, 0.05) is 78.0 Å². The van der Waals surface area contributed by atoms with E-state index in [0.717, 1.165) is 69.4 Å². The number of nitrogens with zero attached hydrogens (tertiary/aromatic N) is 4. The van der Waals surface area contributed by atoms with Crippen LogP contribution in [0.5, 0.6) is 0 Å². The van der Waals surface area contributed by atoms with Gasteiger partial charge in [-0.15, -0.1) is 0 Å². The van der Waals surface area contributed by atoms with Crippen molar-refractivity contribution in [3.63, 3.8) is 0 Å². The fraction of sp³-hybridized carbons (Fsp3) is 0.667. The molecule has 0 bridgehead atoms. The third-order valence-corrected chi connectivity index (χ3v) is 15.2. The third-order valence-electron chi connectivity index (χ3n) is 11.3. The maximum absolute atomic E-state index is 13.2. The van der Waals surface area contributed by atoms with Crippen LogP contribution in [-0.4, -0.2) is 112 Å². The number of piperidine rings is 2. The largest absolute Gasteiger partial charge is 0.358 e. The van der Waals surface area contributed by atoms with Crippen LogP contribution in [0.3, 0.4) is 0 Å². The van der Waals surface area contributed by atoms with E-state index in [1.807, 2.05) is 12.1 Å². The average molecular weight is 719 g/mol. The lowest BCUT2D eigenvalue weighted by atomic mass is 10.0. The summed E-state index contributed by atoms with van der Waals surface area (Å²) in [7, 11) is -7.18. The van der Waals surface area contributed by atoms with Gasteiger partial charge in [-0.25, -0.2) is 21.2 Å². The van der Waals surface area contributed by atoms with Crippen molar-refractivity contribution < 1.29 is 30.7 Å². The molecular formula is C36H51FN4O6S2. The molecule has 0 unspecified atom stereocenters. The Kier molecular flexibility index (Phi) is 10.3. The first kappa shape index (κ1) is 35.4. The van der Waals surface area contributed by atoms with Gasteiger partial charge in [0.2, 0.25) is 20.0 Å². The molecular weight excluding hydrogens is 668 g/mol. The van der Waals surface area contributed by atoms with Crippen molar-refractivity contribution in [3.05, 3.63) is 59.9 Å². The van der Waals surface area contributed by atoms with Crippen LogP contribution in [0, 0.1) is 17.7 Å². The highest BCUT2D eigenvalue weighted by molar-refractivity contribution is 7.89.